The quantitative estimate of drug-likeness (QED) is 0.400. The van der Waals surface area contributed by atoms with E-state index in [1.54, 1.807) is 19.4 Å². The first-order chi connectivity index (χ1) is 19.4. The smallest absolute Gasteiger partial charge is 0.254 e. The summed E-state index contributed by atoms with van der Waals surface area (Å²) in [6, 6.07) is 10.7. The van der Waals surface area contributed by atoms with Gasteiger partial charge in [0.05, 0.1) is 36.2 Å². The molecule has 0 unspecified atom stereocenters. The van der Waals surface area contributed by atoms with E-state index in [0.717, 1.165) is 29.5 Å². The second-order valence-corrected chi connectivity index (χ2v) is 10.7. The molecule has 3 heterocycles. The number of amides is 2. The maximum atomic E-state index is 13.3. The molecule has 11 heteroatoms. The number of aliphatic hydroxyl groups excluding tert-OH is 1. The molecule has 2 aliphatic heterocycles. The molecule has 0 bridgehead atoms. The molecule has 0 spiro atoms. The topological polar surface area (TPSA) is 126 Å². The Labute approximate surface area is 236 Å². The lowest BCUT2D eigenvalue weighted by atomic mass is 10.0. The number of methoxy groups -OCH3 is 1. The molecule has 40 heavy (non-hydrogen) atoms. The molecule has 3 N–H and O–H groups in total. The summed E-state index contributed by atoms with van der Waals surface area (Å²) in [6.45, 7) is 1.58. The van der Waals surface area contributed by atoms with E-state index in [1.165, 1.54) is 4.90 Å². The van der Waals surface area contributed by atoms with Crippen molar-refractivity contribution in [2.75, 3.05) is 32.2 Å². The standard InChI is InChI=1S/C29H30ClN5O5/c1-39-20-5-4-16-11-24(36)27(21(16)12-20)33-25(37)15-35-14-18-3-2-17(10-22(18)28(35)38)26-23(30)13-31-29(34-26)32-19-6-8-40-9-7-19/h2-5,10,12-13,19,24,27,36H,6-9,11,14-15H2,1H3,(H,33,37)(H,31,32,34)/t24-,27+/m1/s1. The highest BCUT2D eigenvalue weighted by Gasteiger charge is 2.35. The number of hydrogen-bond donors (Lipinski definition) is 3. The number of carbonyl (C=O) groups excluding carboxylic acids is 2. The van der Waals surface area contributed by atoms with Gasteiger partial charge in [0.25, 0.3) is 5.91 Å². The van der Waals surface area contributed by atoms with Crippen LogP contribution in [0.4, 0.5) is 5.95 Å². The van der Waals surface area contributed by atoms with Gasteiger partial charge in [0.1, 0.15) is 12.3 Å². The third-order valence-electron chi connectivity index (χ3n) is 7.71. The van der Waals surface area contributed by atoms with E-state index < -0.39 is 12.1 Å². The summed E-state index contributed by atoms with van der Waals surface area (Å²) < 4.78 is 10.7. The van der Waals surface area contributed by atoms with Crippen molar-refractivity contribution in [2.24, 2.45) is 0 Å². The van der Waals surface area contributed by atoms with Gasteiger partial charge in [0.15, 0.2) is 0 Å². The highest BCUT2D eigenvalue weighted by molar-refractivity contribution is 6.33. The number of nitrogens with one attached hydrogen (secondary N) is 2. The van der Waals surface area contributed by atoms with Gasteiger partial charge in [0, 0.05) is 43.3 Å². The summed E-state index contributed by atoms with van der Waals surface area (Å²) in [5.74, 6) is 0.545. The van der Waals surface area contributed by atoms with E-state index in [4.69, 9.17) is 21.1 Å². The van der Waals surface area contributed by atoms with E-state index in [9.17, 15) is 14.7 Å². The third-order valence-corrected chi connectivity index (χ3v) is 7.99. The monoisotopic (exact) mass is 563 g/mol. The minimum atomic E-state index is -0.747. The second-order valence-electron chi connectivity index (χ2n) is 10.3. The van der Waals surface area contributed by atoms with Crippen LogP contribution in [0.15, 0.2) is 42.6 Å². The average Bonchev–Trinajstić information content (AvgIpc) is 3.44. The molecule has 3 aliphatic rings. The summed E-state index contributed by atoms with van der Waals surface area (Å²) in [4.78, 5) is 36.8. The first-order valence-electron chi connectivity index (χ1n) is 13.3. The molecule has 6 rings (SSSR count). The number of anilines is 1. The Morgan fingerprint density at radius 3 is 2.80 bits per heavy atom. The predicted molar refractivity (Wildman–Crippen MR) is 148 cm³/mol. The normalized spacial score (nSPS) is 20.3. The Kier molecular flexibility index (Phi) is 7.31. The molecular formula is C29H30ClN5O5. The van der Waals surface area contributed by atoms with E-state index in [1.807, 2.05) is 30.3 Å². The Balaban J connectivity index is 1.15. The SMILES string of the molecule is COc1ccc2c(c1)[C@H](NC(=O)CN1Cc3ccc(-c4nc(NC5CCOCC5)ncc4Cl)cc3C1=O)[C@H](O)C2. The number of ether oxygens (including phenoxy) is 2. The van der Waals surface area contributed by atoms with Gasteiger partial charge in [-0.1, -0.05) is 29.8 Å². The molecule has 0 saturated carbocycles. The summed E-state index contributed by atoms with van der Waals surface area (Å²) in [7, 11) is 1.57. The Hall–Kier alpha value is -3.73. The number of rotatable bonds is 7. The maximum Gasteiger partial charge on any atom is 0.254 e. The number of benzene rings is 2. The fourth-order valence-corrected chi connectivity index (χ4v) is 5.79. The molecular weight excluding hydrogens is 534 g/mol. The molecule has 2 amide bonds. The number of aromatic nitrogens is 2. The molecule has 10 nitrogen and oxygen atoms in total. The van der Waals surface area contributed by atoms with Gasteiger partial charge >= 0.3 is 0 Å². The van der Waals surface area contributed by atoms with Crippen LogP contribution in [0.3, 0.4) is 0 Å². The summed E-state index contributed by atoms with van der Waals surface area (Å²) in [6.07, 6.45) is 3.00. The van der Waals surface area contributed by atoms with Crippen LogP contribution in [0, 0.1) is 0 Å². The van der Waals surface area contributed by atoms with Crippen LogP contribution in [0.1, 0.15) is 45.9 Å². The minimum Gasteiger partial charge on any atom is -0.497 e. The molecule has 3 aromatic rings. The molecule has 1 fully saturated rings. The van der Waals surface area contributed by atoms with Crippen LogP contribution < -0.4 is 15.4 Å². The van der Waals surface area contributed by atoms with Gasteiger partial charge < -0.3 is 30.1 Å². The van der Waals surface area contributed by atoms with Gasteiger partial charge in [-0.15, -0.1) is 0 Å². The van der Waals surface area contributed by atoms with Gasteiger partial charge in [-0.3, -0.25) is 9.59 Å². The lowest BCUT2D eigenvalue weighted by Crippen LogP contribution is -2.41. The fourth-order valence-electron chi connectivity index (χ4n) is 5.59. The number of aliphatic hydroxyl groups is 1. The fraction of sp³-hybridized carbons (Fsp3) is 0.379. The first-order valence-corrected chi connectivity index (χ1v) is 13.7. The average molecular weight is 564 g/mol. The molecule has 1 aromatic heterocycles. The van der Waals surface area contributed by atoms with E-state index in [2.05, 4.69) is 20.6 Å². The second kappa shape index (κ2) is 11.0. The number of hydrogen-bond acceptors (Lipinski definition) is 8. The highest BCUT2D eigenvalue weighted by Crippen LogP contribution is 2.35. The third kappa shape index (κ3) is 5.22. The van der Waals surface area contributed by atoms with Crippen molar-refractivity contribution < 1.29 is 24.2 Å². The minimum absolute atomic E-state index is 0.126. The van der Waals surface area contributed by atoms with Crippen LogP contribution in [0.5, 0.6) is 5.75 Å². The Morgan fingerprint density at radius 1 is 1.20 bits per heavy atom. The molecule has 2 atom stereocenters. The van der Waals surface area contributed by atoms with Crippen molar-refractivity contribution >= 4 is 29.4 Å². The number of nitrogens with zero attached hydrogens (tertiary/aromatic N) is 3. The largest absolute Gasteiger partial charge is 0.497 e. The molecule has 1 saturated heterocycles. The van der Waals surface area contributed by atoms with Gasteiger partial charge in [0.2, 0.25) is 11.9 Å². The van der Waals surface area contributed by atoms with Crippen molar-refractivity contribution in [3.63, 3.8) is 0 Å². The van der Waals surface area contributed by atoms with Gasteiger partial charge in [-0.05, 0) is 47.7 Å². The van der Waals surface area contributed by atoms with Crippen LogP contribution in [0.2, 0.25) is 5.02 Å². The van der Waals surface area contributed by atoms with Gasteiger partial charge in [-0.25, -0.2) is 9.97 Å². The van der Waals surface area contributed by atoms with Crippen molar-refractivity contribution in [3.05, 3.63) is 69.9 Å². The van der Waals surface area contributed by atoms with E-state index in [-0.39, 0.29) is 24.4 Å². The van der Waals surface area contributed by atoms with Crippen LogP contribution in [-0.4, -0.2) is 70.8 Å². The van der Waals surface area contributed by atoms with Gasteiger partial charge in [-0.2, -0.15) is 0 Å². The van der Waals surface area contributed by atoms with Crippen LogP contribution >= 0.6 is 11.6 Å². The Bertz CT molecular complexity index is 1460. The zero-order valence-corrected chi connectivity index (χ0v) is 22.8. The van der Waals surface area contributed by atoms with Crippen molar-refractivity contribution in [3.8, 4) is 17.0 Å². The highest BCUT2D eigenvalue weighted by atomic mass is 35.5. The lowest BCUT2D eigenvalue weighted by Gasteiger charge is -2.23. The molecule has 0 radical (unpaired) electrons. The maximum absolute atomic E-state index is 13.3. The van der Waals surface area contributed by atoms with Crippen LogP contribution in [0.25, 0.3) is 11.3 Å². The first kappa shape index (κ1) is 26.5. The summed E-state index contributed by atoms with van der Waals surface area (Å²) >= 11 is 6.46. The summed E-state index contributed by atoms with van der Waals surface area (Å²) in [5.41, 5.74) is 4.35. The van der Waals surface area contributed by atoms with Crippen LogP contribution in [-0.2, 0) is 22.5 Å². The van der Waals surface area contributed by atoms with E-state index in [0.29, 0.717) is 59.7 Å². The van der Waals surface area contributed by atoms with Crippen molar-refractivity contribution in [1.29, 1.82) is 0 Å². The van der Waals surface area contributed by atoms with Crippen molar-refractivity contribution in [2.45, 2.75) is 44.0 Å². The number of carbonyl (C=O) groups is 2. The van der Waals surface area contributed by atoms with Crippen molar-refractivity contribution in [1.82, 2.24) is 20.2 Å². The lowest BCUT2D eigenvalue weighted by molar-refractivity contribution is -0.123. The zero-order chi connectivity index (χ0) is 27.8. The zero-order valence-electron chi connectivity index (χ0n) is 22.0. The van der Waals surface area contributed by atoms with E-state index >= 15 is 0 Å². The number of halogens is 1. The molecule has 1 aliphatic carbocycles. The predicted octanol–water partition coefficient (Wildman–Crippen LogP) is 3.13. The molecule has 2 aromatic carbocycles. The Morgan fingerprint density at radius 2 is 2.00 bits per heavy atom. The summed E-state index contributed by atoms with van der Waals surface area (Å²) in [5, 5.41) is 17.2. The molecule has 208 valence electrons. The number of fused-ring (bicyclic) bond motifs is 2.